The third-order valence-electron chi connectivity index (χ3n) is 3.97. The van der Waals surface area contributed by atoms with Crippen LogP contribution in [0.1, 0.15) is 25.7 Å². The van der Waals surface area contributed by atoms with Crippen molar-refractivity contribution in [1.82, 2.24) is 0 Å². The normalized spacial score (nSPS) is 31.9. The molecule has 0 saturated carbocycles. The number of hydrogen-bond donors (Lipinski definition) is 1. The van der Waals surface area contributed by atoms with Crippen molar-refractivity contribution >= 4 is 33.2 Å². The summed E-state index contributed by atoms with van der Waals surface area (Å²) in [6, 6.07) is 7.86. The zero-order valence-electron chi connectivity index (χ0n) is 9.57. The molecule has 17 heavy (non-hydrogen) atoms. The summed E-state index contributed by atoms with van der Waals surface area (Å²) in [5.41, 5.74) is 7.34. The summed E-state index contributed by atoms with van der Waals surface area (Å²) in [5, 5.41) is 0.789. The molecule has 0 aromatic heterocycles. The molecule has 1 aromatic carbocycles. The lowest BCUT2D eigenvalue weighted by Crippen LogP contribution is -2.47. The van der Waals surface area contributed by atoms with Crippen molar-refractivity contribution in [3.63, 3.8) is 0 Å². The third-order valence-corrected chi connectivity index (χ3v) is 5.20. The van der Waals surface area contributed by atoms with Crippen LogP contribution in [0.5, 0.6) is 0 Å². The van der Waals surface area contributed by atoms with Gasteiger partial charge in [0.1, 0.15) is 0 Å². The standard InChI is InChI=1S/C13H16BrClN2/c14-12-4-3-11(7-13(12)15)17-9-1-2-10(17)6-8(16)5-9/h3-4,7-10H,1-2,5-6,16H2. The molecule has 0 amide bonds. The number of piperidine rings is 1. The lowest BCUT2D eigenvalue weighted by Gasteiger charge is -2.39. The van der Waals surface area contributed by atoms with Gasteiger partial charge in [0.15, 0.2) is 0 Å². The van der Waals surface area contributed by atoms with E-state index >= 15 is 0 Å². The van der Waals surface area contributed by atoms with Crippen molar-refractivity contribution in [2.24, 2.45) is 5.73 Å². The van der Waals surface area contributed by atoms with Crippen LogP contribution in [0.25, 0.3) is 0 Å². The van der Waals surface area contributed by atoms with E-state index in [4.69, 9.17) is 17.3 Å². The molecule has 92 valence electrons. The second kappa shape index (κ2) is 4.45. The molecule has 1 aromatic rings. The third kappa shape index (κ3) is 2.09. The molecule has 2 heterocycles. The van der Waals surface area contributed by atoms with E-state index in [0.29, 0.717) is 18.1 Å². The molecule has 2 aliphatic rings. The van der Waals surface area contributed by atoms with E-state index in [1.165, 1.54) is 18.5 Å². The summed E-state index contributed by atoms with van der Waals surface area (Å²) < 4.78 is 0.962. The highest BCUT2D eigenvalue weighted by molar-refractivity contribution is 9.10. The van der Waals surface area contributed by atoms with Gasteiger partial charge in [0, 0.05) is 28.3 Å². The summed E-state index contributed by atoms with van der Waals surface area (Å²) in [6.07, 6.45) is 4.77. The maximum atomic E-state index is 6.18. The molecule has 0 radical (unpaired) electrons. The molecule has 4 heteroatoms. The largest absolute Gasteiger partial charge is 0.365 e. The van der Waals surface area contributed by atoms with E-state index in [9.17, 15) is 0 Å². The van der Waals surface area contributed by atoms with Crippen LogP contribution in [-0.4, -0.2) is 18.1 Å². The Balaban J connectivity index is 1.92. The number of rotatable bonds is 1. The molecule has 2 unspecified atom stereocenters. The Hall–Kier alpha value is -0.250. The fourth-order valence-corrected chi connectivity index (χ4v) is 3.71. The van der Waals surface area contributed by atoms with Crippen LogP contribution in [0, 0.1) is 0 Å². The SMILES string of the molecule is NC1CC2CCC(C1)N2c1ccc(Br)c(Cl)c1. The maximum Gasteiger partial charge on any atom is 0.0568 e. The summed E-state index contributed by atoms with van der Waals surface area (Å²) in [6.45, 7) is 0. The molecule has 2 fully saturated rings. The van der Waals surface area contributed by atoms with E-state index in [0.717, 1.165) is 22.3 Å². The average Bonchev–Trinajstić information content (AvgIpc) is 2.55. The Morgan fingerprint density at radius 2 is 1.88 bits per heavy atom. The predicted octanol–water partition coefficient (Wildman–Crippen LogP) is 3.56. The summed E-state index contributed by atoms with van der Waals surface area (Å²) >= 11 is 9.62. The first-order chi connectivity index (χ1) is 8.15. The molecule has 2 aliphatic heterocycles. The van der Waals surface area contributed by atoms with Crippen LogP contribution >= 0.6 is 27.5 Å². The van der Waals surface area contributed by atoms with Crippen molar-refractivity contribution < 1.29 is 0 Å². The summed E-state index contributed by atoms with van der Waals surface area (Å²) in [5.74, 6) is 0. The van der Waals surface area contributed by atoms with Crippen LogP contribution < -0.4 is 10.6 Å². The minimum Gasteiger partial charge on any atom is -0.365 e. The van der Waals surface area contributed by atoms with Gasteiger partial charge in [-0.2, -0.15) is 0 Å². The van der Waals surface area contributed by atoms with Gasteiger partial charge in [-0.05, 0) is 59.8 Å². The number of nitrogens with two attached hydrogens (primary N) is 1. The summed E-state index contributed by atoms with van der Waals surface area (Å²) in [4.78, 5) is 2.53. The lowest BCUT2D eigenvalue weighted by molar-refractivity contribution is 0.414. The van der Waals surface area contributed by atoms with Crippen LogP contribution in [0.4, 0.5) is 5.69 Å². The average molecular weight is 316 g/mol. The second-order valence-electron chi connectivity index (χ2n) is 5.12. The number of anilines is 1. The number of fused-ring (bicyclic) bond motifs is 2. The van der Waals surface area contributed by atoms with Crippen molar-refractivity contribution in [2.75, 3.05) is 4.90 Å². The maximum absolute atomic E-state index is 6.18. The number of nitrogens with zero attached hydrogens (tertiary/aromatic N) is 1. The zero-order valence-corrected chi connectivity index (χ0v) is 11.9. The first kappa shape index (κ1) is 11.8. The molecular formula is C13H16BrClN2. The number of hydrogen-bond acceptors (Lipinski definition) is 2. The highest BCUT2D eigenvalue weighted by atomic mass is 79.9. The Kier molecular flexibility index (Phi) is 3.09. The van der Waals surface area contributed by atoms with Crippen molar-refractivity contribution in [3.8, 4) is 0 Å². The van der Waals surface area contributed by atoms with Gasteiger partial charge in [-0.1, -0.05) is 11.6 Å². The monoisotopic (exact) mass is 314 g/mol. The molecule has 0 aliphatic carbocycles. The fraction of sp³-hybridized carbons (Fsp3) is 0.538. The van der Waals surface area contributed by atoms with E-state index in [1.54, 1.807) is 0 Å². The van der Waals surface area contributed by atoms with Gasteiger partial charge in [-0.3, -0.25) is 0 Å². The number of benzene rings is 1. The Labute approximate surface area is 115 Å². The van der Waals surface area contributed by atoms with Crippen LogP contribution in [-0.2, 0) is 0 Å². The minimum atomic E-state index is 0.384. The Bertz CT molecular complexity index is 423. The highest BCUT2D eigenvalue weighted by Gasteiger charge is 2.39. The zero-order chi connectivity index (χ0) is 12.0. The van der Waals surface area contributed by atoms with Gasteiger partial charge >= 0.3 is 0 Å². The lowest BCUT2D eigenvalue weighted by atomic mass is 9.97. The molecule has 3 rings (SSSR count). The van der Waals surface area contributed by atoms with E-state index in [2.05, 4.69) is 33.0 Å². The van der Waals surface area contributed by atoms with Gasteiger partial charge in [-0.15, -0.1) is 0 Å². The predicted molar refractivity (Wildman–Crippen MR) is 75.7 cm³/mol. The van der Waals surface area contributed by atoms with Crippen LogP contribution in [0.15, 0.2) is 22.7 Å². The summed E-state index contributed by atoms with van der Waals surface area (Å²) in [7, 11) is 0. The van der Waals surface area contributed by atoms with Crippen molar-refractivity contribution in [1.29, 1.82) is 0 Å². The molecule has 2 nitrogen and oxygen atoms in total. The smallest absolute Gasteiger partial charge is 0.0568 e. The van der Waals surface area contributed by atoms with Gasteiger partial charge in [0.05, 0.1) is 5.02 Å². The molecule has 2 N–H and O–H groups in total. The minimum absolute atomic E-state index is 0.384. The topological polar surface area (TPSA) is 29.3 Å². The van der Waals surface area contributed by atoms with E-state index in [1.807, 2.05) is 6.07 Å². The molecule has 2 atom stereocenters. The highest BCUT2D eigenvalue weighted by Crippen LogP contribution is 2.40. The van der Waals surface area contributed by atoms with Gasteiger partial charge < -0.3 is 10.6 Å². The first-order valence-electron chi connectivity index (χ1n) is 6.14. The Morgan fingerprint density at radius 1 is 1.24 bits per heavy atom. The van der Waals surface area contributed by atoms with Crippen LogP contribution in [0.3, 0.4) is 0 Å². The Morgan fingerprint density at radius 3 is 2.47 bits per heavy atom. The molecule has 2 bridgehead atoms. The van der Waals surface area contributed by atoms with E-state index < -0.39 is 0 Å². The quantitative estimate of drug-likeness (QED) is 0.858. The molecule has 0 spiro atoms. The van der Waals surface area contributed by atoms with Gasteiger partial charge in [0.2, 0.25) is 0 Å². The van der Waals surface area contributed by atoms with Crippen molar-refractivity contribution in [2.45, 2.75) is 43.8 Å². The van der Waals surface area contributed by atoms with Gasteiger partial charge in [-0.25, -0.2) is 0 Å². The van der Waals surface area contributed by atoms with Crippen LogP contribution in [0.2, 0.25) is 5.02 Å². The van der Waals surface area contributed by atoms with Crippen molar-refractivity contribution in [3.05, 3.63) is 27.7 Å². The molecular weight excluding hydrogens is 300 g/mol. The number of halogens is 2. The van der Waals surface area contributed by atoms with E-state index in [-0.39, 0.29) is 0 Å². The first-order valence-corrected chi connectivity index (χ1v) is 7.31. The fourth-order valence-electron chi connectivity index (χ4n) is 3.29. The van der Waals surface area contributed by atoms with Gasteiger partial charge in [0.25, 0.3) is 0 Å². The second-order valence-corrected chi connectivity index (χ2v) is 6.38. The molecule has 2 saturated heterocycles.